The van der Waals surface area contributed by atoms with Crippen molar-refractivity contribution in [2.24, 2.45) is 0 Å². The number of ether oxygens (including phenoxy) is 1. The van der Waals surface area contributed by atoms with Gasteiger partial charge in [-0.05, 0) is 23.2 Å². The first kappa shape index (κ1) is 19.2. The van der Waals surface area contributed by atoms with E-state index in [1.807, 2.05) is 0 Å². The Morgan fingerprint density at radius 1 is 1.04 bits per heavy atom. The van der Waals surface area contributed by atoms with Crippen LogP contribution in [0.4, 0.5) is 30.7 Å². The molecular weight excluding hydrogens is 388 g/mol. The molecule has 1 aliphatic heterocycles. The van der Waals surface area contributed by atoms with Crippen molar-refractivity contribution in [3.63, 3.8) is 0 Å². The number of halogens is 7. The molecule has 0 fully saturated rings. The molecule has 0 aliphatic carbocycles. The van der Waals surface area contributed by atoms with Gasteiger partial charge in [-0.1, -0.05) is 0 Å². The van der Waals surface area contributed by atoms with Crippen LogP contribution in [0.25, 0.3) is 0 Å². The first-order chi connectivity index (χ1) is 12.6. The summed E-state index contributed by atoms with van der Waals surface area (Å²) in [6.07, 6.45) is -3.10. The highest BCUT2D eigenvalue weighted by molar-refractivity contribution is 6.61. The molecule has 0 saturated heterocycles. The third kappa shape index (κ3) is 3.14. The molecule has 27 heavy (non-hydrogen) atoms. The van der Waals surface area contributed by atoms with Crippen LogP contribution in [0.5, 0.6) is 5.75 Å². The Bertz CT molecular complexity index is 921. The van der Waals surface area contributed by atoms with Crippen molar-refractivity contribution in [3.05, 3.63) is 57.9 Å². The molecule has 0 unspecified atom stereocenters. The first-order valence-corrected chi connectivity index (χ1v) is 7.11. The summed E-state index contributed by atoms with van der Waals surface area (Å²) < 4.78 is 102. The van der Waals surface area contributed by atoms with Gasteiger partial charge in [-0.3, -0.25) is 0 Å². The maximum Gasteiger partial charge on any atom is 0.491 e. The second-order valence-electron chi connectivity index (χ2n) is 5.39. The Morgan fingerprint density at radius 2 is 1.59 bits per heavy atom. The summed E-state index contributed by atoms with van der Waals surface area (Å²) >= 11 is 0. The van der Waals surface area contributed by atoms with Crippen molar-refractivity contribution in [3.8, 4) is 5.75 Å². The van der Waals surface area contributed by atoms with Gasteiger partial charge in [0.05, 0.1) is 12.2 Å². The molecule has 4 nitrogen and oxygen atoms in total. The lowest BCUT2D eigenvalue weighted by Crippen LogP contribution is -2.30. The van der Waals surface area contributed by atoms with Crippen molar-refractivity contribution in [1.82, 2.24) is 0 Å². The third-order valence-corrected chi connectivity index (χ3v) is 3.81. The van der Waals surface area contributed by atoms with Crippen molar-refractivity contribution < 1.29 is 49.9 Å². The van der Waals surface area contributed by atoms with E-state index in [0.717, 1.165) is 6.07 Å². The maximum atomic E-state index is 13.6. The van der Waals surface area contributed by atoms with Gasteiger partial charge in [-0.15, -0.1) is 0 Å². The van der Waals surface area contributed by atoms with Crippen molar-refractivity contribution in [2.45, 2.75) is 13.0 Å². The zero-order chi connectivity index (χ0) is 20.0. The molecular formula is C15H6BF7O4. The molecule has 3 rings (SSSR count). The average Bonchev–Trinajstić information content (AvgIpc) is 3.02. The molecule has 0 radical (unpaired) electrons. The summed E-state index contributed by atoms with van der Waals surface area (Å²) in [4.78, 5) is 12.0. The van der Waals surface area contributed by atoms with Crippen LogP contribution in [0.1, 0.15) is 27.9 Å². The molecule has 0 bridgehead atoms. The van der Waals surface area contributed by atoms with E-state index in [9.17, 15) is 40.6 Å². The van der Waals surface area contributed by atoms with Gasteiger partial charge < -0.3 is 14.4 Å². The number of benzene rings is 2. The van der Waals surface area contributed by atoms with Gasteiger partial charge >= 0.3 is 13.1 Å². The summed E-state index contributed by atoms with van der Waals surface area (Å²) in [5.74, 6) is -15.5. The molecule has 0 amide bonds. The van der Waals surface area contributed by atoms with Crippen LogP contribution in [0.3, 0.4) is 0 Å². The van der Waals surface area contributed by atoms with E-state index in [1.54, 1.807) is 0 Å². The molecule has 0 atom stereocenters. The van der Waals surface area contributed by atoms with Gasteiger partial charge in [0.2, 0.25) is 34.8 Å². The highest BCUT2D eigenvalue weighted by atomic mass is 19.3. The van der Waals surface area contributed by atoms with Crippen LogP contribution in [-0.4, -0.2) is 18.1 Å². The Hall–Kier alpha value is -2.60. The quantitative estimate of drug-likeness (QED) is 0.217. The van der Waals surface area contributed by atoms with E-state index in [1.165, 1.54) is 0 Å². The Labute approximate surface area is 146 Å². The monoisotopic (exact) mass is 394 g/mol. The summed E-state index contributed by atoms with van der Waals surface area (Å²) in [5, 5.41) is 9.60. The Balaban J connectivity index is 2.04. The molecule has 142 valence electrons. The lowest BCUT2D eigenvalue weighted by molar-refractivity contribution is 0.0715. The number of alkyl halides is 2. The zero-order valence-electron chi connectivity index (χ0n) is 12.8. The number of esters is 1. The molecule has 0 aromatic heterocycles. The van der Waals surface area contributed by atoms with Crippen LogP contribution in [0, 0.1) is 29.1 Å². The van der Waals surface area contributed by atoms with Crippen LogP contribution in [0.15, 0.2) is 12.1 Å². The first-order valence-electron chi connectivity index (χ1n) is 7.11. The van der Waals surface area contributed by atoms with E-state index in [0.29, 0.717) is 6.07 Å². The highest BCUT2D eigenvalue weighted by Crippen LogP contribution is 2.31. The minimum absolute atomic E-state index is 0.0923. The largest absolute Gasteiger partial charge is 0.491 e. The lowest BCUT2D eigenvalue weighted by atomic mass is 9.77. The Morgan fingerprint density at radius 3 is 2.15 bits per heavy atom. The summed E-state index contributed by atoms with van der Waals surface area (Å²) in [6, 6.07) is 1.46. The van der Waals surface area contributed by atoms with Gasteiger partial charge in [-0.2, -0.15) is 8.78 Å². The molecule has 1 N–H and O–H groups in total. The summed E-state index contributed by atoms with van der Waals surface area (Å²) in [6.45, 7) is -0.372. The van der Waals surface area contributed by atoms with Gasteiger partial charge in [0.1, 0.15) is 0 Å². The fourth-order valence-corrected chi connectivity index (χ4v) is 2.50. The number of rotatable bonds is 3. The molecule has 1 aliphatic rings. The summed E-state index contributed by atoms with van der Waals surface area (Å²) in [5.41, 5.74) is -1.73. The van der Waals surface area contributed by atoms with Gasteiger partial charge in [0.25, 0.3) is 6.43 Å². The minimum Gasteiger partial charge on any atom is -0.423 e. The average molecular weight is 394 g/mol. The lowest BCUT2D eigenvalue weighted by Gasteiger charge is -2.12. The van der Waals surface area contributed by atoms with Crippen LogP contribution in [0.2, 0.25) is 0 Å². The number of hydrogen-bond donors (Lipinski definition) is 1. The van der Waals surface area contributed by atoms with Crippen LogP contribution < -0.4 is 10.2 Å². The fraction of sp³-hybridized carbons (Fsp3) is 0.133. The number of hydrogen-bond acceptors (Lipinski definition) is 4. The van der Waals surface area contributed by atoms with Crippen molar-refractivity contribution >= 4 is 18.6 Å². The summed E-state index contributed by atoms with van der Waals surface area (Å²) in [7, 11) is -1.64. The van der Waals surface area contributed by atoms with Gasteiger partial charge in [0.15, 0.2) is 0 Å². The van der Waals surface area contributed by atoms with Crippen LogP contribution >= 0.6 is 0 Å². The number of carbonyl (C=O) groups excluding carboxylic acids is 1. The van der Waals surface area contributed by atoms with E-state index >= 15 is 0 Å². The zero-order valence-corrected chi connectivity index (χ0v) is 12.8. The van der Waals surface area contributed by atoms with E-state index in [4.69, 9.17) is 4.65 Å². The van der Waals surface area contributed by atoms with Crippen LogP contribution in [-0.2, 0) is 11.3 Å². The normalized spacial score (nSPS) is 13.3. The molecule has 12 heteroatoms. The van der Waals surface area contributed by atoms with E-state index in [2.05, 4.69) is 4.74 Å². The van der Waals surface area contributed by atoms with Crippen molar-refractivity contribution in [1.29, 1.82) is 0 Å². The third-order valence-electron chi connectivity index (χ3n) is 3.81. The number of fused-ring (bicyclic) bond motifs is 1. The number of carbonyl (C=O) groups is 1. The standard InChI is InChI=1S/C15H6BF7O4/c17-8-9(18)11(20)13(12(21)10(8)19)27-15(24)4-1-5(14(22)23)6-3-26-16(25)7(6)2-4/h1-2,14,25H,3H2. The predicted octanol–water partition coefficient (Wildman–Crippen LogP) is 2.76. The molecule has 0 saturated carbocycles. The van der Waals surface area contributed by atoms with E-state index < -0.39 is 65.5 Å². The van der Waals surface area contributed by atoms with Crippen molar-refractivity contribution in [2.75, 3.05) is 0 Å². The fourth-order valence-electron chi connectivity index (χ4n) is 2.50. The van der Waals surface area contributed by atoms with Gasteiger partial charge in [-0.25, -0.2) is 26.7 Å². The highest BCUT2D eigenvalue weighted by Gasteiger charge is 2.34. The second-order valence-corrected chi connectivity index (χ2v) is 5.39. The molecule has 0 spiro atoms. The van der Waals surface area contributed by atoms with E-state index in [-0.39, 0.29) is 17.6 Å². The Kier molecular flexibility index (Phi) is 4.87. The minimum atomic E-state index is -3.10. The molecule has 2 aromatic carbocycles. The molecule has 1 heterocycles. The topological polar surface area (TPSA) is 55.8 Å². The predicted molar refractivity (Wildman–Crippen MR) is 75.0 cm³/mol. The SMILES string of the molecule is O=C(Oc1c(F)c(F)c(F)c(F)c1F)c1cc2c(c(C(F)F)c1)COB2O. The second kappa shape index (κ2) is 6.85. The van der Waals surface area contributed by atoms with Gasteiger partial charge in [0, 0.05) is 5.56 Å². The maximum absolute atomic E-state index is 13.6. The smallest absolute Gasteiger partial charge is 0.423 e. The molecule has 2 aromatic rings.